The number of carbonyl (C=O) groups is 1. The zero-order valence-corrected chi connectivity index (χ0v) is 12.5. The maximum absolute atomic E-state index is 12.8. The largest absolute Gasteiger partial charge is 0.419 e. The van der Waals surface area contributed by atoms with Gasteiger partial charge in [0.2, 0.25) is 0 Å². The summed E-state index contributed by atoms with van der Waals surface area (Å²) in [6.07, 6.45) is 0.599. The third-order valence-electron chi connectivity index (χ3n) is 3.66. The molecule has 3 aromatic rings. The number of fused-ring (bicyclic) bond motifs is 1. The predicted molar refractivity (Wildman–Crippen MR) is 83.9 cm³/mol. The number of halogens is 1. The Morgan fingerprint density at radius 1 is 1.22 bits per heavy atom. The molecule has 118 valence electrons. The van der Waals surface area contributed by atoms with Gasteiger partial charge in [-0.3, -0.25) is 9.36 Å². The number of aryl methyl sites for hydroxylation is 1. The lowest BCUT2D eigenvalue weighted by Gasteiger charge is -2.05. The molecule has 6 heteroatoms. The van der Waals surface area contributed by atoms with Gasteiger partial charge in [-0.15, -0.1) is 0 Å². The first kappa shape index (κ1) is 15.0. The molecule has 5 nitrogen and oxygen atoms in total. The van der Waals surface area contributed by atoms with Gasteiger partial charge in [-0.25, -0.2) is 9.18 Å². The molecule has 2 aromatic carbocycles. The summed E-state index contributed by atoms with van der Waals surface area (Å²) in [6.45, 7) is 0.429. The van der Waals surface area contributed by atoms with E-state index in [4.69, 9.17) is 4.42 Å². The van der Waals surface area contributed by atoms with E-state index < -0.39 is 5.76 Å². The summed E-state index contributed by atoms with van der Waals surface area (Å²) in [7, 11) is 1.65. The molecule has 1 amide bonds. The number of hydrogen-bond donors (Lipinski definition) is 1. The van der Waals surface area contributed by atoms with E-state index in [0.717, 1.165) is 11.1 Å². The van der Waals surface area contributed by atoms with Gasteiger partial charge in [0.05, 0.1) is 5.52 Å². The Kier molecular flexibility index (Phi) is 3.97. The molecule has 1 heterocycles. The fourth-order valence-electron chi connectivity index (χ4n) is 2.36. The summed E-state index contributed by atoms with van der Waals surface area (Å²) in [6, 6.07) is 10.9. The Bertz CT molecular complexity index is 910. The molecule has 0 unspecified atom stereocenters. The van der Waals surface area contributed by atoms with Crippen molar-refractivity contribution in [2.45, 2.75) is 6.42 Å². The summed E-state index contributed by atoms with van der Waals surface area (Å²) in [5, 5.41) is 2.77. The summed E-state index contributed by atoms with van der Waals surface area (Å²) in [5.74, 6) is -1.03. The average Bonchev–Trinajstić information content (AvgIpc) is 2.82. The molecule has 0 fully saturated rings. The van der Waals surface area contributed by atoms with Crippen molar-refractivity contribution in [2.24, 2.45) is 7.05 Å². The Morgan fingerprint density at radius 3 is 2.70 bits per heavy atom. The third-order valence-corrected chi connectivity index (χ3v) is 3.66. The lowest BCUT2D eigenvalue weighted by Crippen LogP contribution is -2.25. The molecule has 0 aliphatic rings. The SMILES string of the molecule is Cn1c(=O)oc2cc(CCNC(=O)c3ccc(F)cc3)ccc21. The predicted octanol–water partition coefficient (Wildman–Crippen LogP) is 2.24. The highest BCUT2D eigenvalue weighted by atomic mass is 19.1. The quantitative estimate of drug-likeness (QED) is 0.803. The van der Waals surface area contributed by atoms with Crippen molar-refractivity contribution in [3.63, 3.8) is 0 Å². The van der Waals surface area contributed by atoms with Gasteiger partial charge in [-0.1, -0.05) is 6.07 Å². The number of rotatable bonds is 4. The molecular weight excluding hydrogens is 299 g/mol. The smallest absolute Gasteiger partial charge is 0.408 e. The number of aromatic nitrogens is 1. The van der Waals surface area contributed by atoms with E-state index in [1.54, 1.807) is 13.1 Å². The molecule has 0 bridgehead atoms. The topological polar surface area (TPSA) is 64.2 Å². The maximum Gasteiger partial charge on any atom is 0.419 e. The first-order valence-electron chi connectivity index (χ1n) is 7.17. The second-order valence-corrected chi connectivity index (χ2v) is 5.24. The van der Waals surface area contributed by atoms with Crippen molar-refractivity contribution < 1.29 is 13.6 Å². The number of nitrogens with one attached hydrogen (secondary N) is 1. The lowest BCUT2D eigenvalue weighted by molar-refractivity contribution is 0.0954. The van der Waals surface area contributed by atoms with Crippen LogP contribution >= 0.6 is 0 Å². The van der Waals surface area contributed by atoms with Crippen LogP contribution < -0.4 is 11.1 Å². The Labute approximate surface area is 131 Å². The standard InChI is InChI=1S/C17H15FN2O3/c1-20-14-7-2-11(10-15(14)23-17(20)22)8-9-19-16(21)12-3-5-13(18)6-4-12/h2-7,10H,8-9H2,1H3,(H,19,21). The van der Waals surface area contributed by atoms with Crippen molar-refractivity contribution in [1.29, 1.82) is 0 Å². The molecule has 1 N–H and O–H groups in total. The van der Waals surface area contributed by atoms with Crippen LogP contribution in [0, 0.1) is 5.82 Å². The van der Waals surface area contributed by atoms with E-state index in [2.05, 4.69) is 5.32 Å². The number of hydrogen-bond acceptors (Lipinski definition) is 3. The first-order valence-corrected chi connectivity index (χ1v) is 7.17. The van der Waals surface area contributed by atoms with E-state index in [0.29, 0.717) is 24.1 Å². The van der Waals surface area contributed by atoms with Crippen LogP contribution in [0.3, 0.4) is 0 Å². The van der Waals surface area contributed by atoms with Gasteiger partial charge >= 0.3 is 5.76 Å². The molecule has 3 rings (SSSR count). The Morgan fingerprint density at radius 2 is 1.96 bits per heavy atom. The number of oxazole rings is 1. The number of benzene rings is 2. The first-order chi connectivity index (χ1) is 11.0. The van der Waals surface area contributed by atoms with E-state index in [1.807, 2.05) is 12.1 Å². The van der Waals surface area contributed by atoms with Gasteiger partial charge in [0.15, 0.2) is 5.58 Å². The minimum atomic E-state index is -0.401. The van der Waals surface area contributed by atoms with E-state index in [9.17, 15) is 14.0 Å². The van der Waals surface area contributed by atoms with Crippen LogP contribution in [0.15, 0.2) is 51.7 Å². The summed E-state index contributed by atoms with van der Waals surface area (Å²) >= 11 is 0. The van der Waals surface area contributed by atoms with Crippen molar-refractivity contribution >= 4 is 17.0 Å². The molecule has 1 aromatic heterocycles. The highest BCUT2D eigenvalue weighted by Crippen LogP contribution is 2.14. The monoisotopic (exact) mass is 314 g/mol. The summed E-state index contributed by atoms with van der Waals surface area (Å²) in [5.41, 5.74) is 2.62. The van der Waals surface area contributed by atoms with Crippen molar-refractivity contribution in [3.8, 4) is 0 Å². The van der Waals surface area contributed by atoms with Crippen LogP contribution in [-0.4, -0.2) is 17.0 Å². The highest BCUT2D eigenvalue weighted by molar-refractivity contribution is 5.94. The van der Waals surface area contributed by atoms with Crippen LogP contribution in [0.5, 0.6) is 0 Å². The second-order valence-electron chi connectivity index (χ2n) is 5.24. The number of nitrogens with zero attached hydrogens (tertiary/aromatic N) is 1. The number of carbonyl (C=O) groups excluding carboxylic acids is 1. The molecule has 0 aliphatic heterocycles. The van der Waals surface area contributed by atoms with Gasteiger partial charge in [-0.2, -0.15) is 0 Å². The van der Waals surface area contributed by atoms with Crippen molar-refractivity contribution in [3.05, 3.63) is 70.0 Å². The number of amides is 1. The van der Waals surface area contributed by atoms with Gasteiger partial charge < -0.3 is 9.73 Å². The van der Waals surface area contributed by atoms with Crippen LogP contribution in [0.1, 0.15) is 15.9 Å². The average molecular weight is 314 g/mol. The van der Waals surface area contributed by atoms with E-state index in [1.165, 1.54) is 28.8 Å². The van der Waals surface area contributed by atoms with Crippen LogP contribution in [-0.2, 0) is 13.5 Å². The highest BCUT2D eigenvalue weighted by Gasteiger charge is 2.08. The Balaban J connectivity index is 1.63. The molecule has 0 radical (unpaired) electrons. The molecule has 0 saturated carbocycles. The molecule has 0 atom stereocenters. The Hall–Kier alpha value is -2.89. The van der Waals surface area contributed by atoms with Gasteiger partial charge in [0, 0.05) is 19.2 Å². The summed E-state index contributed by atoms with van der Waals surface area (Å²) in [4.78, 5) is 23.4. The third kappa shape index (κ3) is 3.15. The second kappa shape index (κ2) is 6.08. The zero-order chi connectivity index (χ0) is 16.4. The van der Waals surface area contributed by atoms with E-state index in [-0.39, 0.29) is 11.7 Å². The minimum Gasteiger partial charge on any atom is -0.408 e. The lowest BCUT2D eigenvalue weighted by atomic mass is 10.1. The molecular formula is C17H15FN2O3. The fourth-order valence-corrected chi connectivity index (χ4v) is 2.36. The molecule has 0 spiro atoms. The van der Waals surface area contributed by atoms with Crippen LogP contribution in [0.4, 0.5) is 4.39 Å². The van der Waals surface area contributed by atoms with Gasteiger partial charge in [0.25, 0.3) is 5.91 Å². The van der Waals surface area contributed by atoms with Crippen LogP contribution in [0.2, 0.25) is 0 Å². The van der Waals surface area contributed by atoms with Crippen LogP contribution in [0.25, 0.3) is 11.1 Å². The van der Waals surface area contributed by atoms with Crippen molar-refractivity contribution in [2.75, 3.05) is 6.54 Å². The summed E-state index contributed by atoms with van der Waals surface area (Å²) < 4.78 is 19.4. The van der Waals surface area contributed by atoms with Gasteiger partial charge in [-0.05, 0) is 48.4 Å². The van der Waals surface area contributed by atoms with E-state index >= 15 is 0 Å². The van der Waals surface area contributed by atoms with Gasteiger partial charge in [0.1, 0.15) is 5.82 Å². The molecule has 23 heavy (non-hydrogen) atoms. The molecule has 0 saturated heterocycles. The van der Waals surface area contributed by atoms with Crippen molar-refractivity contribution in [1.82, 2.24) is 9.88 Å². The maximum atomic E-state index is 12.8. The normalized spacial score (nSPS) is 10.9. The molecule has 0 aliphatic carbocycles. The minimum absolute atomic E-state index is 0.252. The fraction of sp³-hybridized carbons (Fsp3) is 0.176. The zero-order valence-electron chi connectivity index (χ0n) is 12.5.